The molecule has 0 spiro atoms. The molecule has 10 nitrogen and oxygen atoms in total. The van der Waals surface area contributed by atoms with Crippen LogP contribution in [-0.4, -0.2) is 88.5 Å². The topological polar surface area (TPSA) is 104 Å². The largest absolute Gasteiger partial charge is 0.338 e. The maximum atomic E-state index is 12.5. The van der Waals surface area contributed by atoms with Crippen molar-refractivity contribution in [3.8, 4) is 0 Å². The van der Waals surface area contributed by atoms with Crippen LogP contribution in [0.5, 0.6) is 0 Å². The van der Waals surface area contributed by atoms with E-state index in [1.54, 1.807) is 13.9 Å². The molecular weight excluding hydrogens is 346 g/mol. The first-order valence-electron chi connectivity index (χ1n) is 8.59. The van der Waals surface area contributed by atoms with E-state index in [1.165, 1.54) is 10.6 Å². The number of hydrogen-bond acceptors (Lipinski definition) is 5. The summed E-state index contributed by atoms with van der Waals surface area (Å²) in [6.45, 7) is 3.17. The summed E-state index contributed by atoms with van der Waals surface area (Å²) < 4.78 is 29.7. The number of carbonyl (C=O) groups excluding carboxylic acids is 1. The van der Waals surface area contributed by atoms with Crippen LogP contribution < -0.4 is 5.32 Å². The first kappa shape index (κ1) is 18.1. The maximum Gasteiger partial charge on any atom is 0.317 e. The SMILES string of the molecule is Cn1ncnc1CCNC(=O)N1CCN(S(=O)(=O)N2CCCC2)CC1. The van der Waals surface area contributed by atoms with Gasteiger partial charge in [-0.3, -0.25) is 4.68 Å². The number of carbonyl (C=O) groups is 1. The van der Waals surface area contributed by atoms with E-state index >= 15 is 0 Å². The fourth-order valence-corrected chi connectivity index (χ4v) is 4.81. The van der Waals surface area contributed by atoms with Crippen LogP contribution in [-0.2, 0) is 23.7 Å². The Hall–Kier alpha value is -1.72. The second-order valence-electron chi connectivity index (χ2n) is 6.28. The first-order valence-corrected chi connectivity index (χ1v) is 9.99. The molecule has 2 aliphatic heterocycles. The van der Waals surface area contributed by atoms with Crippen molar-refractivity contribution in [3.05, 3.63) is 12.2 Å². The Morgan fingerprint density at radius 3 is 2.36 bits per heavy atom. The Labute approximate surface area is 148 Å². The van der Waals surface area contributed by atoms with Crippen LogP contribution in [0, 0.1) is 0 Å². The standard InChI is InChI=1S/C14H25N7O3S/c1-18-13(16-12-17-18)4-5-15-14(22)19-8-10-21(11-9-19)25(23,24)20-6-2-3-7-20/h12H,2-11H2,1H3,(H,15,22). The number of nitrogens with zero attached hydrogens (tertiary/aromatic N) is 6. The molecule has 3 rings (SSSR count). The van der Waals surface area contributed by atoms with E-state index in [1.807, 2.05) is 7.05 Å². The molecule has 2 aliphatic rings. The molecule has 0 bridgehead atoms. The van der Waals surface area contributed by atoms with Gasteiger partial charge in [-0.15, -0.1) is 0 Å². The Bertz CT molecular complexity index is 691. The van der Waals surface area contributed by atoms with Gasteiger partial charge in [-0.25, -0.2) is 9.78 Å². The number of aryl methyl sites for hydroxylation is 1. The lowest BCUT2D eigenvalue weighted by atomic mass is 10.3. The van der Waals surface area contributed by atoms with Crippen LogP contribution >= 0.6 is 0 Å². The third-order valence-corrected chi connectivity index (χ3v) is 6.71. The molecule has 11 heteroatoms. The quantitative estimate of drug-likeness (QED) is 0.717. The highest BCUT2D eigenvalue weighted by molar-refractivity contribution is 7.86. The van der Waals surface area contributed by atoms with Gasteiger partial charge >= 0.3 is 6.03 Å². The summed E-state index contributed by atoms with van der Waals surface area (Å²) in [5, 5.41) is 6.84. The van der Waals surface area contributed by atoms with Crippen molar-refractivity contribution in [2.75, 3.05) is 45.8 Å². The van der Waals surface area contributed by atoms with Crippen molar-refractivity contribution < 1.29 is 13.2 Å². The van der Waals surface area contributed by atoms with Crippen LogP contribution in [0.1, 0.15) is 18.7 Å². The van der Waals surface area contributed by atoms with Gasteiger partial charge in [0.1, 0.15) is 12.2 Å². The zero-order valence-corrected chi connectivity index (χ0v) is 15.3. The minimum Gasteiger partial charge on any atom is -0.338 e. The van der Waals surface area contributed by atoms with Crippen LogP contribution in [0.25, 0.3) is 0 Å². The molecule has 0 aromatic carbocycles. The van der Waals surface area contributed by atoms with E-state index in [0.717, 1.165) is 18.7 Å². The van der Waals surface area contributed by atoms with Crippen LogP contribution in [0.15, 0.2) is 6.33 Å². The molecule has 0 saturated carbocycles. The second-order valence-corrected chi connectivity index (χ2v) is 8.21. The summed E-state index contributed by atoms with van der Waals surface area (Å²) in [4.78, 5) is 18.0. The van der Waals surface area contributed by atoms with Gasteiger partial charge in [0.25, 0.3) is 10.2 Å². The molecule has 2 amide bonds. The maximum absolute atomic E-state index is 12.5. The van der Waals surface area contributed by atoms with E-state index in [4.69, 9.17) is 0 Å². The molecule has 0 radical (unpaired) electrons. The van der Waals surface area contributed by atoms with Crippen molar-refractivity contribution in [3.63, 3.8) is 0 Å². The van der Waals surface area contributed by atoms with Crippen molar-refractivity contribution in [1.29, 1.82) is 0 Å². The molecule has 1 N–H and O–H groups in total. The Balaban J connectivity index is 1.43. The summed E-state index contributed by atoms with van der Waals surface area (Å²) in [7, 11) is -1.56. The van der Waals surface area contributed by atoms with Crippen molar-refractivity contribution in [2.45, 2.75) is 19.3 Å². The second kappa shape index (κ2) is 7.67. The number of urea groups is 1. The van der Waals surface area contributed by atoms with Gasteiger partial charge < -0.3 is 10.2 Å². The van der Waals surface area contributed by atoms with Gasteiger partial charge in [0.2, 0.25) is 0 Å². The number of piperazine rings is 1. The third kappa shape index (κ3) is 4.10. The smallest absolute Gasteiger partial charge is 0.317 e. The molecule has 0 aliphatic carbocycles. The highest BCUT2D eigenvalue weighted by atomic mass is 32.2. The molecular formula is C14H25N7O3S. The zero-order valence-electron chi connectivity index (χ0n) is 14.5. The number of aromatic nitrogens is 3. The number of hydrogen-bond donors (Lipinski definition) is 1. The minimum atomic E-state index is -3.37. The average molecular weight is 371 g/mol. The van der Waals surface area contributed by atoms with Crippen LogP contribution in [0.3, 0.4) is 0 Å². The molecule has 0 atom stereocenters. The van der Waals surface area contributed by atoms with Crippen molar-refractivity contribution in [1.82, 2.24) is 33.6 Å². The third-order valence-electron chi connectivity index (χ3n) is 4.67. The van der Waals surface area contributed by atoms with E-state index < -0.39 is 10.2 Å². The molecule has 3 heterocycles. The van der Waals surface area contributed by atoms with Crippen molar-refractivity contribution >= 4 is 16.2 Å². The lowest BCUT2D eigenvalue weighted by Gasteiger charge is -2.35. The number of nitrogens with one attached hydrogen (secondary N) is 1. The van der Waals surface area contributed by atoms with Gasteiger partial charge in [0.15, 0.2) is 0 Å². The van der Waals surface area contributed by atoms with Gasteiger partial charge in [0.05, 0.1) is 0 Å². The van der Waals surface area contributed by atoms with Gasteiger partial charge in [-0.05, 0) is 12.8 Å². The summed E-state index contributed by atoms with van der Waals surface area (Å²) in [5.74, 6) is 0.807. The predicted octanol–water partition coefficient (Wildman–Crippen LogP) is -0.975. The van der Waals surface area contributed by atoms with Gasteiger partial charge in [-0.2, -0.15) is 22.1 Å². The number of amides is 2. The highest BCUT2D eigenvalue weighted by Crippen LogP contribution is 2.18. The average Bonchev–Trinajstić information content (AvgIpc) is 3.27. The zero-order chi connectivity index (χ0) is 17.9. The fourth-order valence-electron chi connectivity index (χ4n) is 3.14. The van der Waals surface area contributed by atoms with E-state index in [0.29, 0.717) is 52.2 Å². The Kier molecular flexibility index (Phi) is 5.54. The van der Waals surface area contributed by atoms with Gasteiger partial charge in [-0.1, -0.05) is 0 Å². The molecule has 25 heavy (non-hydrogen) atoms. The lowest BCUT2D eigenvalue weighted by Crippen LogP contribution is -2.55. The highest BCUT2D eigenvalue weighted by Gasteiger charge is 2.34. The molecule has 1 aromatic heterocycles. The van der Waals surface area contributed by atoms with Crippen molar-refractivity contribution in [2.24, 2.45) is 7.05 Å². The summed E-state index contributed by atoms with van der Waals surface area (Å²) in [6, 6.07) is -0.166. The first-order chi connectivity index (χ1) is 12.0. The van der Waals surface area contributed by atoms with E-state index in [9.17, 15) is 13.2 Å². The summed E-state index contributed by atoms with van der Waals surface area (Å²) >= 11 is 0. The predicted molar refractivity (Wildman–Crippen MR) is 91.0 cm³/mol. The Morgan fingerprint density at radius 2 is 1.76 bits per heavy atom. The van der Waals surface area contributed by atoms with Crippen LogP contribution in [0.2, 0.25) is 0 Å². The van der Waals surface area contributed by atoms with E-state index in [-0.39, 0.29) is 6.03 Å². The monoisotopic (exact) mass is 371 g/mol. The molecule has 1 aromatic rings. The molecule has 2 saturated heterocycles. The molecule has 0 unspecified atom stereocenters. The summed E-state index contributed by atoms with van der Waals surface area (Å²) in [6.07, 6.45) is 3.93. The number of rotatable bonds is 5. The van der Waals surface area contributed by atoms with Gasteiger partial charge in [0, 0.05) is 59.3 Å². The Morgan fingerprint density at radius 1 is 1.12 bits per heavy atom. The fraction of sp³-hybridized carbons (Fsp3) is 0.786. The molecule has 2 fully saturated rings. The normalized spacial score (nSPS) is 20.1. The van der Waals surface area contributed by atoms with Crippen LogP contribution in [0.4, 0.5) is 4.79 Å². The van der Waals surface area contributed by atoms with E-state index in [2.05, 4.69) is 15.4 Å². The minimum absolute atomic E-state index is 0.166. The summed E-state index contributed by atoms with van der Waals surface area (Å²) in [5.41, 5.74) is 0. The lowest BCUT2D eigenvalue weighted by molar-refractivity contribution is 0.170. The molecule has 140 valence electrons.